The van der Waals surface area contributed by atoms with Crippen LogP contribution in [-0.2, 0) is 18.3 Å². The first-order chi connectivity index (χ1) is 14.0. The Bertz CT molecular complexity index is 916. The minimum absolute atomic E-state index is 0.116. The third-order valence-corrected chi connectivity index (χ3v) is 5.26. The maximum absolute atomic E-state index is 13.7. The normalized spacial score (nSPS) is 11.9. The van der Waals surface area contributed by atoms with Gasteiger partial charge in [-0.15, -0.1) is 11.8 Å². The molecule has 164 valence electrons. The van der Waals surface area contributed by atoms with Gasteiger partial charge in [-0.05, 0) is 35.6 Å². The van der Waals surface area contributed by atoms with Crippen molar-refractivity contribution in [1.29, 1.82) is 0 Å². The van der Waals surface area contributed by atoms with Crippen LogP contribution in [0, 0.1) is 5.92 Å². The van der Waals surface area contributed by atoms with Crippen LogP contribution in [0.25, 0.3) is 0 Å². The Labute approximate surface area is 174 Å². The van der Waals surface area contributed by atoms with Crippen LogP contribution in [0.3, 0.4) is 0 Å². The Morgan fingerprint density at radius 3 is 2.33 bits per heavy atom. The van der Waals surface area contributed by atoms with E-state index in [1.807, 2.05) is 0 Å². The Kier molecular flexibility index (Phi) is 7.68. The van der Waals surface area contributed by atoms with Crippen LogP contribution in [0.5, 0.6) is 5.75 Å². The molecule has 1 aromatic heterocycles. The van der Waals surface area contributed by atoms with Crippen LogP contribution >= 0.6 is 11.8 Å². The first kappa shape index (κ1) is 23.9. The maximum atomic E-state index is 13.7. The summed E-state index contributed by atoms with van der Waals surface area (Å²) in [5, 5.41) is 9.51. The molecule has 0 aliphatic heterocycles. The van der Waals surface area contributed by atoms with E-state index in [-0.39, 0.29) is 23.7 Å². The average molecular weight is 449 g/mol. The molecule has 0 radical (unpaired) electrons. The summed E-state index contributed by atoms with van der Waals surface area (Å²) < 4.78 is 73.2. The van der Waals surface area contributed by atoms with E-state index in [9.17, 15) is 31.9 Å². The number of alkyl halides is 5. The topological polar surface area (TPSA) is 59.4 Å². The fraction of sp³-hybridized carbons (Fsp3) is 0.400. The lowest BCUT2D eigenvalue weighted by molar-refractivity contribution is -0.142. The van der Waals surface area contributed by atoms with Gasteiger partial charge in [0.25, 0.3) is 6.43 Å². The van der Waals surface area contributed by atoms with Crippen molar-refractivity contribution >= 4 is 17.7 Å². The van der Waals surface area contributed by atoms with Crippen molar-refractivity contribution in [1.82, 2.24) is 4.98 Å². The molecule has 0 fully saturated rings. The van der Waals surface area contributed by atoms with E-state index in [1.165, 1.54) is 7.11 Å². The Morgan fingerprint density at radius 2 is 1.83 bits per heavy atom. The standard InChI is InChI=1S/C20H20F5NO3S/c1-10(2)8-11-12(9-30-14-7-5-4-6-13(14)29-3)17(20(23,24)25)26-16(18(21)22)15(11)19(27)28/h4-7,10,18H,8-9H2,1-3H3,(H,27,28). The molecule has 0 spiro atoms. The average Bonchev–Trinajstić information content (AvgIpc) is 2.64. The van der Waals surface area contributed by atoms with Gasteiger partial charge in [0, 0.05) is 10.6 Å². The summed E-state index contributed by atoms with van der Waals surface area (Å²) >= 11 is 0.985. The first-order valence-corrected chi connectivity index (χ1v) is 9.86. The molecule has 0 bridgehead atoms. The molecule has 0 amide bonds. The lowest BCUT2D eigenvalue weighted by Crippen LogP contribution is -2.21. The second kappa shape index (κ2) is 9.63. The summed E-state index contributed by atoms with van der Waals surface area (Å²) in [6.45, 7) is 3.33. The smallest absolute Gasteiger partial charge is 0.433 e. The number of benzene rings is 1. The van der Waals surface area contributed by atoms with Gasteiger partial charge >= 0.3 is 12.1 Å². The molecule has 10 heteroatoms. The summed E-state index contributed by atoms with van der Waals surface area (Å²) in [5.41, 5.74) is -4.38. The molecule has 0 saturated heterocycles. The predicted octanol–water partition coefficient (Wildman–Crippen LogP) is 6.24. The molecule has 1 aromatic carbocycles. The fourth-order valence-electron chi connectivity index (χ4n) is 3.00. The molecule has 1 N–H and O–H groups in total. The number of carboxylic acid groups (broad SMARTS) is 1. The van der Waals surface area contributed by atoms with E-state index in [1.54, 1.807) is 38.1 Å². The van der Waals surface area contributed by atoms with Crippen LogP contribution in [0.1, 0.15) is 53.1 Å². The van der Waals surface area contributed by atoms with Crippen LogP contribution < -0.4 is 4.74 Å². The highest BCUT2D eigenvalue weighted by atomic mass is 32.2. The maximum Gasteiger partial charge on any atom is 0.433 e. The summed E-state index contributed by atoms with van der Waals surface area (Å²) in [7, 11) is 1.41. The molecule has 0 saturated carbocycles. The number of aromatic nitrogens is 1. The Hall–Kier alpha value is -2.36. The number of nitrogens with zero attached hydrogens (tertiary/aromatic N) is 1. The van der Waals surface area contributed by atoms with Crippen molar-refractivity contribution in [3.8, 4) is 5.75 Å². The van der Waals surface area contributed by atoms with Crippen LogP contribution in [-0.4, -0.2) is 23.2 Å². The lowest BCUT2D eigenvalue weighted by atomic mass is 9.91. The van der Waals surface area contributed by atoms with Gasteiger partial charge in [0.15, 0.2) is 0 Å². The van der Waals surface area contributed by atoms with E-state index in [4.69, 9.17) is 4.74 Å². The van der Waals surface area contributed by atoms with Crippen molar-refractivity contribution in [2.24, 2.45) is 5.92 Å². The summed E-state index contributed by atoms with van der Waals surface area (Å²) in [4.78, 5) is 15.3. The van der Waals surface area contributed by atoms with E-state index >= 15 is 0 Å². The van der Waals surface area contributed by atoms with Crippen LogP contribution in [0.2, 0.25) is 0 Å². The fourth-order valence-corrected chi connectivity index (χ4v) is 4.08. The molecule has 0 aliphatic rings. The molecule has 0 aliphatic carbocycles. The van der Waals surface area contributed by atoms with Crippen LogP contribution in [0.15, 0.2) is 29.2 Å². The van der Waals surface area contributed by atoms with E-state index < -0.39 is 41.1 Å². The van der Waals surface area contributed by atoms with Gasteiger partial charge in [0.2, 0.25) is 0 Å². The van der Waals surface area contributed by atoms with Gasteiger partial charge in [0.1, 0.15) is 17.1 Å². The van der Waals surface area contributed by atoms with Crippen molar-refractivity contribution in [3.05, 3.63) is 52.3 Å². The number of ether oxygens (including phenoxy) is 1. The third kappa shape index (κ3) is 5.41. The number of pyridine rings is 1. The second-order valence-electron chi connectivity index (χ2n) is 6.82. The van der Waals surface area contributed by atoms with Crippen molar-refractivity contribution in [2.75, 3.05) is 7.11 Å². The number of aromatic carboxylic acids is 1. The molecule has 0 unspecified atom stereocenters. The predicted molar refractivity (Wildman–Crippen MR) is 102 cm³/mol. The molecular formula is C20H20F5NO3S. The zero-order chi connectivity index (χ0) is 22.6. The number of hydrogen-bond acceptors (Lipinski definition) is 4. The highest BCUT2D eigenvalue weighted by molar-refractivity contribution is 7.98. The van der Waals surface area contributed by atoms with Gasteiger partial charge in [-0.2, -0.15) is 13.2 Å². The molecule has 1 heterocycles. The zero-order valence-electron chi connectivity index (χ0n) is 16.4. The third-order valence-electron chi connectivity index (χ3n) is 4.18. The number of methoxy groups -OCH3 is 1. The van der Waals surface area contributed by atoms with Gasteiger partial charge in [-0.3, -0.25) is 0 Å². The van der Waals surface area contributed by atoms with Crippen molar-refractivity contribution in [2.45, 2.75) is 43.5 Å². The molecule has 0 atom stereocenters. The molecule has 30 heavy (non-hydrogen) atoms. The molecule has 2 aromatic rings. The van der Waals surface area contributed by atoms with Crippen molar-refractivity contribution < 1.29 is 36.6 Å². The minimum atomic E-state index is -5.02. The molecular weight excluding hydrogens is 429 g/mol. The Morgan fingerprint density at radius 1 is 1.20 bits per heavy atom. The number of para-hydroxylation sites is 1. The summed E-state index contributed by atoms with van der Waals surface area (Å²) in [6, 6.07) is 6.63. The lowest BCUT2D eigenvalue weighted by Gasteiger charge is -2.22. The summed E-state index contributed by atoms with van der Waals surface area (Å²) in [5.74, 6) is -1.89. The number of carbonyl (C=O) groups is 1. The van der Waals surface area contributed by atoms with E-state index in [2.05, 4.69) is 4.98 Å². The van der Waals surface area contributed by atoms with E-state index in [0.717, 1.165) is 11.8 Å². The van der Waals surface area contributed by atoms with Gasteiger partial charge in [0.05, 0.1) is 12.7 Å². The highest BCUT2D eigenvalue weighted by Gasteiger charge is 2.40. The number of hydrogen-bond donors (Lipinski definition) is 1. The SMILES string of the molecule is COc1ccccc1SCc1c(C(F)(F)F)nc(C(F)F)c(C(=O)O)c1CC(C)C. The second-order valence-corrected chi connectivity index (χ2v) is 7.84. The number of thioether (sulfide) groups is 1. The number of halogens is 5. The largest absolute Gasteiger partial charge is 0.496 e. The summed E-state index contributed by atoms with van der Waals surface area (Å²) in [6.07, 6.45) is -8.60. The van der Waals surface area contributed by atoms with Gasteiger partial charge < -0.3 is 9.84 Å². The molecule has 4 nitrogen and oxygen atoms in total. The zero-order valence-corrected chi connectivity index (χ0v) is 17.2. The number of rotatable bonds is 8. The monoisotopic (exact) mass is 449 g/mol. The van der Waals surface area contributed by atoms with E-state index in [0.29, 0.717) is 10.6 Å². The number of carboxylic acids is 1. The van der Waals surface area contributed by atoms with Crippen LogP contribution in [0.4, 0.5) is 22.0 Å². The quantitative estimate of drug-likeness (QED) is 0.382. The molecule has 2 rings (SSSR count). The Balaban J connectivity index is 2.73. The van der Waals surface area contributed by atoms with Crippen molar-refractivity contribution in [3.63, 3.8) is 0 Å². The van der Waals surface area contributed by atoms with Gasteiger partial charge in [-0.1, -0.05) is 26.0 Å². The first-order valence-electron chi connectivity index (χ1n) is 8.87. The highest BCUT2D eigenvalue weighted by Crippen LogP contribution is 2.41. The minimum Gasteiger partial charge on any atom is -0.496 e. The van der Waals surface area contributed by atoms with Gasteiger partial charge in [-0.25, -0.2) is 18.6 Å².